The van der Waals surface area contributed by atoms with Crippen molar-refractivity contribution in [3.05, 3.63) is 28.6 Å². The summed E-state index contributed by atoms with van der Waals surface area (Å²) in [6.07, 6.45) is 6.77. The van der Waals surface area contributed by atoms with Gasteiger partial charge < -0.3 is 15.2 Å². The molecule has 0 spiro atoms. The van der Waals surface area contributed by atoms with Crippen molar-refractivity contribution < 1.29 is 0 Å². The van der Waals surface area contributed by atoms with Gasteiger partial charge in [0.2, 0.25) is 0 Å². The molecule has 0 unspecified atom stereocenters. The third kappa shape index (κ3) is 4.67. The largest absolute Gasteiger partial charge is 0.356 e. The van der Waals surface area contributed by atoms with Crippen molar-refractivity contribution in [3.8, 4) is 0 Å². The number of aryl methyl sites for hydroxylation is 4. The van der Waals surface area contributed by atoms with Gasteiger partial charge in [-0.15, -0.1) is 10.2 Å². The highest BCUT2D eigenvalue weighted by Gasteiger charge is 2.14. The third-order valence-electron chi connectivity index (χ3n) is 5.37. The van der Waals surface area contributed by atoms with Crippen LogP contribution in [0.4, 0.5) is 0 Å². The van der Waals surface area contributed by atoms with Crippen LogP contribution >= 0.6 is 0 Å². The predicted octanol–water partition coefficient (Wildman–Crippen LogP) is 1.65. The molecule has 2 aromatic rings. The van der Waals surface area contributed by atoms with E-state index >= 15 is 0 Å². The number of fused-ring (bicyclic) bond motifs is 1. The van der Waals surface area contributed by atoms with Gasteiger partial charge in [0.05, 0.1) is 5.69 Å². The Hall–Kier alpha value is -2.38. The summed E-state index contributed by atoms with van der Waals surface area (Å²) in [7, 11) is 3.78. The number of rotatable bonds is 6. The molecule has 1 aliphatic rings. The van der Waals surface area contributed by atoms with E-state index in [0.29, 0.717) is 0 Å². The maximum absolute atomic E-state index is 4.46. The Balaban J connectivity index is 1.45. The van der Waals surface area contributed by atoms with E-state index in [1.165, 1.54) is 30.5 Å². The molecule has 0 bridgehead atoms. The summed E-state index contributed by atoms with van der Waals surface area (Å²) < 4.78 is 4.25. The van der Waals surface area contributed by atoms with Crippen molar-refractivity contribution in [1.29, 1.82) is 0 Å². The van der Waals surface area contributed by atoms with Gasteiger partial charge in [0, 0.05) is 57.8 Å². The van der Waals surface area contributed by atoms with Crippen LogP contribution in [0.25, 0.3) is 0 Å². The van der Waals surface area contributed by atoms with Crippen LogP contribution in [-0.4, -0.2) is 44.1 Å². The fourth-order valence-corrected chi connectivity index (χ4v) is 3.65. The summed E-state index contributed by atoms with van der Waals surface area (Å²) in [5, 5.41) is 20.0. The number of aromatic nitrogens is 5. The van der Waals surface area contributed by atoms with Gasteiger partial charge in [0.15, 0.2) is 5.96 Å². The summed E-state index contributed by atoms with van der Waals surface area (Å²) >= 11 is 0. The first-order valence-corrected chi connectivity index (χ1v) is 9.94. The van der Waals surface area contributed by atoms with Gasteiger partial charge in [0.25, 0.3) is 0 Å². The Labute approximate surface area is 161 Å². The maximum atomic E-state index is 4.46. The van der Waals surface area contributed by atoms with Gasteiger partial charge in [-0.2, -0.15) is 5.10 Å². The predicted molar refractivity (Wildman–Crippen MR) is 107 cm³/mol. The third-order valence-corrected chi connectivity index (χ3v) is 5.37. The van der Waals surface area contributed by atoms with Crippen molar-refractivity contribution in [2.24, 2.45) is 12.0 Å². The van der Waals surface area contributed by atoms with Crippen LogP contribution in [0.2, 0.25) is 0 Å². The summed E-state index contributed by atoms with van der Waals surface area (Å²) in [4.78, 5) is 4.32. The van der Waals surface area contributed by atoms with E-state index in [0.717, 1.165) is 62.2 Å². The van der Waals surface area contributed by atoms with Gasteiger partial charge in [0.1, 0.15) is 11.6 Å². The fraction of sp³-hybridized carbons (Fsp3) is 0.684. The molecule has 8 heteroatoms. The average molecular weight is 373 g/mol. The molecule has 0 aromatic carbocycles. The first-order valence-electron chi connectivity index (χ1n) is 9.94. The quantitative estimate of drug-likeness (QED) is 0.458. The lowest BCUT2D eigenvalue weighted by atomic mass is 10.2. The SMILES string of the molecule is CN=C(NCCCc1nnc2n1CCCCC2)NCc1c(C)nn(C)c1C. The standard InChI is InChI=1S/C19H32N8/c1-14-16(15(2)26(4)25-14)13-22-19(20-3)21-11-8-10-18-24-23-17-9-6-5-7-12-27(17)18/h5-13H2,1-4H3,(H2,20,21,22). The fourth-order valence-electron chi connectivity index (χ4n) is 3.65. The van der Waals surface area contributed by atoms with Crippen molar-refractivity contribution in [2.45, 2.75) is 65.5 Å². The highest BCUT2D eigenvalue weighted by Crippen LogP contribution is 2.15. The molecule has 0 radical (unpaired) electrons. The Morgan fingerprint density at radius 1 is 1.15 bits per heavy atom. The second-order valence-corrected chi connectivity index (χ2v) is 7.22. The van der Waals surface area contributed by atoms with E-state index in [4.69, 9.17) is 0 Å². The maximum Gasteiger partial charge on any atom is 0.191 e. The molecule has 148 valence electrons. The zero-order valence-electron chi connectivity index (χ0n) is 17.0. The molecular weight excluding hydrogens is 340 g/mol. The van der Waals surface area contributed by atoms with Crippen molar-refractivity contribution >= 4 is 5.96 Å². The van der Waals surface area contributed by atoms with E-state index in [1.807, 2.05) is 18.7 Å². The van der Waals surface area contributed by atoms with Gasteiger partial charge >= 0.3 is 0 Å². The minimum atomic E-state index is 0.725. The van der Waals surface area contributed by atoms with Crippen LogP contribution in [-0.2, 0) is 33.0 Å². The van der Waals surface area contributed by atoms with Crippen LogP contribution < -0.4 is 10.6 Å². The van der Waals surface area contributed by atoms with E-state index in [1.54, 1.807) is 7.05 Å². The molecule has 0 amide bonds. The zero-order chi connectivity index (χ0) is 19.2. The Kier molecular flexibility index (Phi) is 6.47. The van der Waals surface area contributed by atoms with Crippen molar-refractivity contribution in [1.82, 2.24) is 35.2 Å². The lowest BCUT2D eigenvalue weighted by Crippen LogP contribution is -2.37. The molecule has 27 heavy (non-hydrogen) atoms. The number of hydrogen-bond donors (Lipinski definition) is 2. The smallest absolute Gasteiger partial charge is 0.191 e. The second-order valence-electron chi connectivity index (χ2n) is 7.22. The van der Waals surface area contributed by atoms with Crippen molar-refractivity contribution in [3.63, 3.8) is 0 Å². The molecule has 3 rings (SSSR count). The molecule has 0 aliphatic carbocycles. The van der Waals surface area contributed by atoms with E-state index in [2.05, 4.69) is 42.4 Å². The lowest BCUT2D eigenvalue weighted by molar-refractivity contribution is 0.594. The molecule has 0 saturated carbocycles. The van der Waals surface area contributed by atoms with Gasteiger partial charge in [-0.1, -0.05) is 6.42 Å². The highest BCUT2D eigenvalue weighted by atomic mass is 15.3. The summed E-state index contributed by atoms with van der Waals surface area (Å²) in [6.45, 7) is 6.78. The Morgan fingerprint density at radius 2 is 2.00 bits per heavy atom. The first kappa shape index (κ1) is 19.4. The van der Waals surface area contributed by atoms with Gasteiger partial charge in [-0.3, -0.25) is 9.67 Å². The van der Waals surface area contributed by atoms with Crippen LogP contribution in [0.1, 0.15) is 54.3 Å². The van der Waals surface area contributed by atoms with Gasteiger partial charge in [-0.25, -0.2) is 0 Å². The zero-order valence-corrected chi connectivity index (χ0v) is 17.0. The molecule has 0 atom stereocenters. The first-order chi connectivity index (χ1) is 13.1. The van der Waals surface area contributed by atoms with Crippen LogP contribution in [0.15, 0.2) is 4.99 Å². The molecule has 2 aromatic heterocycles. The number of nitrogens with one attached hydrogen (secondary N) is 2. The van der Waals surface area contributed by atoms with E-state index in [9.17, 15) is 0 Å². The molecule has 8 nitrogen and oxygen atoms in total. The minimum Gasteiger partial charge on any atom is -0.356 e. The topological polar surface area (TPSA) is 84.9 Å². The number of hydrogen-bond acceptors (Lipinski definition) is 4. The Morgan fingerprint density at radius 3 is 2.74 bits per heavy atom. The molecule has 1 aliphatic heterocycles. The van der Waals surface area contributed by atoms with Crippen LogP contribution in [0.5, 0.6) is 0 Å². The molecule has 0 saturated heterocycles. The van der Waals surface area contributed by atoms with E-state index < -0.39 is 0 Å². The molecule has 3 heterocycles. The minimum absolute atomic E-state index is 0.725. The molecule has 0 fully saturated rings. The number of nitrogens with zero attached hydrogens (tertiary/aromatic N) is 6. The lowest BCUT2D eigenvalue weighted by Gasteiger charge is -2.12. The van der Waals surface area contributed by atoms with E-state index in [-0.39, 0.29) is 0 Å². The molecule has 2 N–H and O–H groups in total. The number of guanidine groups is 1. The summed E-state index contributed by atoms with van der Waals surface area (Å²) in [6, 6.07) is 0. The average Bonchev–Trinajstić information content (AvgIpc) is 3.03. The van der Waals surface area contributed by atoms with Gasteiger partial charge in [-0.05, 0) is 33.1 Å². The van der Waals surface area contributed by atoms with Crippen LogP contribution in [0.3, 0.4) is 0 Å². The second kappa shape index (κ2) is 9.01. The molecular formula is C19H32N8. The summed E-state index contributed by atoms with van der Waals surface area (Å²) in [5.74, 6) is 3.10. The Bertz CT molecular complexity index is 786. The normalized spacial score (nSPS) is 14.7. The summed E-state index contributed by atoms with van der Waals surface area (Å²) in [5.41, 5.74) is 3.47. The highest BCUT2D eigenvalue weighted by molar-refractivity contribution is 5.79. The monoisotopic (exact) mass is 372 g/mol. The number of aliphatic imine (C=N–C) groups is 1. The van der Waals surface area contributed by atoms with Crippen LogP contribution in [0, 0.1) is 13.8 Å². The van der Waals surface area contributed by atoms with Crippen molar-refractivity contribution in [2.75, 3.05) is 13.6 Å².